The molecule has 5 nitrogen and oxygen atoms in total. The van der Waals surface area contributed by atoms with Crippen LogP contribution in [-0.4, -0.2) is 39.8 Å². The molecule has 1 aliphatic heterocycles. The number of rotatable bonds is 1. The predicted molar refractivity (Wildman–Crippen MR) is 51.6 cm³/mol. The average Bonchev–Trinajstić information content (AvgIpc) is 2.56. The Morgan fingerprint density at radius 1 is 1.13 bits per heavy atom. The van der Waals surface area contributed by atoms with Gasteiger partial charge in [0.15, 0.2) is 0 Å². The lowest BCUT2D eigenvalue weighted by atomic mass is 9.78. The molecule has 0 aromatic heterocycles. The number of amides is 1. The fourth-order valence-corrected chi connectivity index (χ4v) is 2.99. The zero-order valence-electron chi connectivity index (χ0n) is 8.43. The molecule has 3 atom stereocenters. The maximum Gasteiger partial charge on any atom is 0.408 e. The van der Waals surface area contributed by atoms with Gasteiger partial charge in [-0.3, -0.25) is 4.90 Å². The number of hydrogen-bond acceptors (Lipinski definition) is 2. The quantitative estimate of drug-likeness (QED) is 0.687. The Bertz CT molecular complexity index is 291. The van der Waals surface area contributed by atoms with E-state index in [1.54, 1.807) is 0 Å². The first-order chi connectivity index (χ1) is 7.11. The van der Waals surface area contributed by atoms with E-state index in [9.17, 15) is 9.59 Å². The molecule has 2 N–H and O–H groups in total. The molecule has 0 radical (unpaired) electrons. The van der Waals surface area contributed by atoms with Gasteiger partial charge in [-0.05, 0) is 24.7 Å². The summed E-state index contributed by atoms with van der Waals surface area (Å²) in [5.41, 5.74) is 0. The van der Waals surface area contributed by atoms with Crippen molar-refractivity contribution in [3.63, 3.8) is 0 Å². The zero-order valence-corrected chi connectivity index (χ0v) is 8.43. The maximum atomic E-state index is 11.1. The molecule has 1 heterocycles. The van der Waals surface area contributed by atoms with Crippen molar-refractivity contribution >= 4 is 12.1 Å². The smallest absolute Gasteiger partial charge is 0.408 e. The average molecular weight is 213 g/mol. The van der Waals surface area contributed by atoms with Gasteiger partial charge in [-0.15, -0.1) is 0 Å². The summed E-state index contributed by atoms with van der Waals surface area (Å²) in [4.78, 5) is 23.1. The van der Waals surface area contributed by atoms with Crippen molar-refractivity contribution in [3.05, 3.63) is 0 Å². The Balaban J connectivity index is 2.21. The van der Waals surface area contributed by atoms with Gasteiger partial charge in [-0.2, -0.15) is 0 Å². The molecule has 0 spiro atoms. The van der Waals surface area contributed by atoms with Crippen molar-refractivity contribution in [2.45, 2.75) is 31.7 Å². The van der Waals surface area contributed by atoms with Crippen molar-refractivity contribution in [1.29, 1.82) is 0 Å². The van der Waals surface area contributed by atoms with Gasteiger partial charge in [0.05, 0.1) is 0 Å². The summed E-state index contributed by atoms with van der Waals surface area (Å²) in [7, 11) is 0. The molecule has 0 aromatic rings. The first-order valence-electron chi connectivity index (χ1n) is 5.33. The van der Waals surface area contributed by atoms with Crippen LogP contribution in [0.2, 0.25) is 0 Å². The van der Waals surface area contributed by atoms with Crippen LogP contribution in [0.5, 0.6) is 0 Å². The second-order valence-corrected chi connectivity index (χ2v) is 4.43. The summed E-state index contributed by atoms with van der Waals surface area (Å²) in [5, 5.41) is 18.0. The fraction of sp³-hybridized carbons (Fsp3) is 0.800. The SMILES string of the molecule is O=C(O)C1C2CCCCC2CN1C(=O)O. The van der Waals surface area contributed by atoms with E-state index >= 15 is 0 Å². The molecule has 2 aliphatic rings. The Kier molecular flexibility index (Phi) is 2.54. The summed E-state index contributed by atoms with van der Waals surface area (Å²) in [6, 6.07) is -0.812. The summed E-state index contributed by atoms with van der Waals surface area (Å²) in [5.74, 6) is -0.699. The van der Waals surface area contributed by atoms with Crippen LogP contribution in [0.1, 0.15) is 25.7 Å². The predicted octanol–water partition coefficient (Wildman–Crippen LogP) is 1.24. The van der Waals surface area contributed by atoms with Gasteiger partial charge in [0.25, 0.3) is 0 Å². The number of aliphatic carboxylic acids is 1. The molecule has 1 saturated carbocycles. The van der Waals surface area contributed by atoms with Crippen molar-refractivity contribution in [2.75, 3.05) is 6.54 Å². The number of hydrogen-bond donors (Lipinski definition) is 2. The van der Waals surface area contributed by atoms with E-state index in [1.807, 2.05) is 0 Å². The highest BCUT2D eigenvalue weighted by Crippen LogP contribution is 2.40. The van der Waals surface area contributed by atoms with Crippen molar-refractivity contribution in [1.82, 2.24) is 4.90 Å². The normalized spacial score (nSPS) is 34.9. The lowest BCUT2D eigenvalue weighted by Crippen LogP contribution is -2.42. The third kappa shape index (κ3) is 1.66. The van der Waals surface area contributed by atoms with Crippen LogP contribution < -0.4 is 0 Å². The van der Waals surface area contributed by atoms with Crippen molar-refractivity contribution < 1.29 is 19.8 Å². The number of nitrogens with zero attached hydrogens (tertiary/aromatic N) is 1. The van der Waals surface area contributed by atoms with Gasteiger partial charge < -0.3 is 10.2 Å². The standard InChI is InChI=1S/C10H15NO4/c12-9(13)8-7-4-2-1-3-6(7)5-11(8)10(14)15/h6-8H,1-5H2,(H,12,13)(H,14,15). The van der Waals surface area contributed by atoms with E-state index in [-0.39, 0.29) is 11.8 Å². The number of fused-ring (bicyclic) bond motifs is 1. The van der Waals surface area contributed by atoms with E-state index in [2.05, 4.69) is 0 Å². The molecule has 0 aromatic carbocycles. The van der Waals surface area contributed by atoms with Crippen LogP contribution in [-0.2, 0) is 4.79 Å². The highest BCUT2D eigenvalue weighted by atomic mass is 16.4. The van der Waals surface area contributed by atoms with Crippen LogP contribution >= 0.6 is 0 Å². The van der Waals surface area contributed by atoms with E-state index in [0.717, 1.165) is 30.6 Å². The molecule has 2 fully saturated rings. The summed E-state index contributed by atoms with van der Waals surface area (Å²) >= 11 is 0. The molecule has 5 heteroatoms. The molecule has 0 bridgehead atoms. The first-order valence-corrected chi connectivity index (χ1v) is 5.33. The minimum atomic E-state index is -1.10. The van der Waals surface area contributed by atoms with Gasteiger partial charge in [0.2, 0.25) is 0 Å². The number of carbonyl (C=O) groups is 2. The van der Waals surface area contributed by atoms with Crippen LogP contribution in [0, 0.1) is 11.8 Å². The number of likely N-dealkylation sites (tertiary alicyclic amines) is 1. The zero-order chi connectivity index (χ0) is 11.0. The molecule has 1 amide bonds. The lowest BCUT2D eigenvalue weighted by molar-refractivity contribution is -0.143. The monoisotopic (exact) mass is 213 g/mol. The third-order valence-electron chi connectivity index (χ3n) is 3.64. The van der Waals surface area contributed by atoms with E-state index < -0.39 is 18.1 Å². The highest BCUT2D eigenvalue weighted by molar-refractivity contribution is 5.80. The summed E-state index contributed by atoms with van der Waals surface area (Å²) < 4.78 is 0. The molecular weight excluding hydrogens is 198 g/mol. The first kappa shape index (κ1) is 10.3. The fourth-order valence-electron chi connectivity index (χ4n) is 2.99. The Hall–Kier alpha value is -1.26. The van der Waals surface area contributed by atoms with Gasteiger partial charge in [0, 0.05) is 6.54 Å². The second kappa shape index (κ2) is 3.72. The molecular formula is C10H15NO4. The van der Waals surface area contributed by atoms with Crippen LogP contribution in [0.25, 0.3) is 0 Å². The summed E-state index contributed by atoms with van der Waals surface area (Å²) in [6.07, 6.45) is 2.85. The summed E-state index contributed by atoms with van der Waals surface area (Å²) in [6.45, 7) is 0.400. The Morgan fingerprint density at radius 2 is 1.80 bits per heavy atom. The Morgan fingerprint density at radius 3 is 2.40 bits per heavy atom. The van der Waals surface area contributed by atoms with Gasteiger partial charge >= 0.3 is 12.1 Å². The van der Waals surface area contributed by atoms with Gasteiger partial charge in [-0.1, -0.05) is 12.8 Å². The maximum absolute atomic E-state index is 11.1. The largest absolute Gasteiger partial charge is 0.480 e. The van der Waals surface area contributed by atoms with Crippen molar-refractivity contribution in [2.24, 2.45) is 11.8 Å². The van der Waals surface area contributed by atoms with E-state index in [0.29, 0.717) is 6.54 Å². The molecule has 15 heavy (non-hydrogen) atoms. The molecule has 2 rings (SSSR count). The molecule has 1 saturated heterocycles. The Labute approximate surface area is 87.7 Å². The number of carboxylic acids is 1. The highest BCUT2D eigenvalue weighted by Gasteiger charge is 2.48. The van der Waals surface area contributed by atoms with Crippen LogP contribution in [0.4, 0.5) is 4.79 Å². The van der Waals surface area contributed by atoms with Gasteiger partial charge in [-0.25, -0.2) is 9.59 Å². The second-order valence-electron chi connectivity index (χ2n) is 4.43. The van der Waals surface area contributed by atoms with Crippen molar-refractivity contribution in [3.8, 4) is 0 Å². The van der Waals surface area contributed by atoms with Gasteiger partial charge in [0.1, 0.15) is 6.04 Å². The molecule has 3 unspecified atom stereocenters. The number of carboxylic acid groups (broad SMARTS) is 2. The molecule has 84 valence electrons. The van der Waals surface area contributed by atoms with E-state index in [4.69, 9.17) is 10.2 Å². The topological polar surface area (TPSA) is 77.8 Å². The van der Waals surface area contributed by atoms with Crippen LogP contribution in [0.15, 0.2) is 0 Å². The lowest BCUT2D eigenvalue weighted by Gasteiger charge is -2.26. The minimum absolute atomic E-state index is 0.0346. The van der Waals surface area contributed by atoms with Crippen LogP contribution in [0.3, 0.4) is 0 Å². The minimum Gasteiger partial charge on any atom is -0.480 e. The molecule has 1 aliphatic carbocycles. The third-order valence-corrected chi connectivity index (χ3v) is 3.64. The van der Waals surface area contributed by atoms with E-state index in [1.165, 1.54) is 0 Å².